The molecule has 0 unspecified atom stereocenters. The van der Waals surface area contributed by atoms with Crippen molar-refractivity contribution in [3.05, 3.63) is 29.8 Å². The zero-order chi connectivity index (χ0) is 16.6. The van der Waals surface area contributed by atoms with Crippen molar-refractivity contribution in [1.82, 2.24) is 14.9 Å². The van der Waals surface area contributed by atoms with E-state index in [0.717, 1.165) is 12.0 Å². The number of hydrogen-bond donors (Lipinski definition) is 2. The van der Waals surface area contributed by atoms with Crippen LogP contribution < -0.4 is 10.0 Å². The van der Waals surface area contributed by atoms with Gasteiger partial charge in [0, 0.05) is 33.9 Å². The number of sulfonamides is 1. The summed E-state index contributed by atoms with van der Waals surface area (Å²) < 4.78 is 30.7. The van der Waals surface area contributed by atoms with E-state index in [1.165, 1.54) is 19.2 Å². The Labute approximate surface area is 131 Å². The van der Waals surface area contributed by atoms with Crippen molar-refractivity contribution in [2.45, 2.75) is 17.9 Å². The van der Waals surface area contributed by atoms with Crippen LogP contribution >= 0.6 is 0 Å². The van der Waals surface area contributed by atoms with Crippen molar-refractivity contribution in [1.29, 1.82) is 0 Å². The third-order valence-electron chi connectivity index (χ3n) is 3.11. The number of nitrogens with one attached hydrogen (secondary N) is 2. The van der Waals surface area contributed by atoms with Gasteiger partial charge in [-0.1, -0.05) is 12.1 Å². The first-order valence-corrected chi connectivity index (χ1v) is 8.39. The molecule has 2 amide bonds. The van der Waals surface area contributed by atoms with E-state index in [0.29, 0.717) is 13.2 Å². The van der Waals surface area contributed by atoms with Crippen molar-refractivity contribution in [2.75, 3.05) is 34.4 Å². The Balaban J connectivity index is 2.58. The number of ether oxygens (including phenoxy) is 1. The highest BCUT2D eigenvalue weighted by atomic mass is 32.2. The topological polar surface area (TPSA) is 87.7 Å². The highest BCUT2D eigenvalue weighted by Gasteiger charge is 2.12. The summed E-state index contributed by atoms with van der Waals surface area (Å²) in [6.07, 6.45) is 0.760. The summed E-state index contributed by atoms with van der Waals surface area (Å²) in [5.74, 6) is 0. The summed E-state index contributed by atoms with van der Waals surface area (Å²) in [6.45, 7) is 1.45. The molecule has 1 rings (SSSR count). The second-order valence-electron chi connectivity index (χ2n) is 4.78. The van der Waals surface area contributed by atoms with Crippen LogP contribution in [0.1, 0.15) is 12.0 Å². The standard InChI is InChI=1S/C14H23N3O4S/c1-15-22(19,20)13-7-4-6-12(10-13)11-16-14(18)17(2)8-5-9-21-3/h4,6-7,10,15H,5,8-9,11H2,1-3H3,(H,16,18). The van der Waals surface area contributed by atoms with Crippen LogP contribution in [0.25, 0.3) is 0 Å². The predicted octanol–water partition coefficient (Wildman–Crippen LogP) is 0.773. The molecule has 0 radical (unpaired) electrons. The molecule has 1 aromatic rings. The number of nitrogens with zero attached hydrogens (tertiary/aromatic N) is 1. The second-order valence-corrected chi connectivity index (χ2v) is 6.67. The van der Waals surface area contributed by atoms with Gasteiger partial charge >= 0.3 is 6.03 Å². The molecule has 0 aliphatic heterocycles. The molecule has 124 valence electrons. The Morgan fingerprint density at radius 2 is 2.09 bits per heavy atom. The van der Waals surface area contributed by atoms with Crippen LogP contribution in [0, 0.1) is 0 Å². The monoisotopic (exact) mass is 329 g/mol. The molecule has 7 nitrogen and oxygen atoms in total. The van der Waals surface area contributed by atoms with Crippen LogP contribution in [0.3, 0.4) is 0 Å². The van der Waals surface area contributed by atoms with Crippen LogP contribution in [0.4, 0.5) is 4.79 Å². The lowest BCUT2D eigenvalue weighted by atomic mass is 10.2. The number of hydrogen-bond acceptors (Lipinski definition) is 4. The van der Waals surface area contributed by atoms with E-state index in [9.17, 15) is 13.2 Å². The quantitative estimate of drug-likeness (QED) is 0.690. The van der Waals surface area contributed by atoms with Gasteiger partial charge in [-0.3, -0.25) is 0 Å². The molecular weight excluding hydrogens is 306 g/mol. The largest absolute Gasteiger partial charge is 0.385 e. The van der Waals surface area contributed by atoms with Crippen molar-refractivity contribution in [3.8, 4) is 0 Å². The molecule has 8 heteroatoms. The molecule has 0 atom stereocenters. The highest BCUT2D eigenvalue weighted by Crippen LogP contribution is 2.11. The first kappa shape index (κ1) is 18.4. The van der Waals surface area contributed by atoms with E-state index < -0.39 is 10.0 Å². The van der Waals surface area contributed by atoms with Crippen LogP contribution in [0.2, 0.25) is 0 Å². The van der Waals surface area contributed by atoms with Gasteiger partial charge in [-0.05, 0) is 31.2 Å². The lowest BCUT2D eigenvalue weighted by Gasteiger charge is -2.17. The van der Waals surface area contributed by atoms with Crippen LogP contribution in [0.5, 0.6) is 0 Å². The minimum absolute atomic E-state index is 0.176. The first-order chi connectivity index (χ1) is 10.4. The molecule has 22 heavy (non-hydrogen) atoms. The van der Waals surface area contributed by atoms with Gasteiger partial charge in [0.2, 0.25) is 10.0 Å². The molecule has 0 fully saturated rings. The number of amides is 2. The van der Waals surface area contributed by atoms with Crippen LogP contribution in [-0.4, -0.2) is 53.7 Å². The van der Waals surface area contributed by atoms with Crippen molar-refractivity contribution < 1.29 is 17.9 Å². The fourth-order valence-electron chi connectivity index (χ4n) is 1.80. The maximum Gasteiger partial charge on any atom is 0.317 e. The molecule has 0 aliphatic rings. The Hall–Kier alpha value is -1.64. The van der Waals surface area contributed by atoms with Gasteiger partial charge in [0.1, 0.15) is 0 Å². The molecule has 0 saturated carbocycles. The summed E-state index contributed by atoms with van der Waals surface area (Å²) in [5, 5.41) is 2.75. The van der Waals surface area contributed by atoms with Gasteiger partial charge in [0.15, 0.2) is 0 Å². The average Bonchev–Trinajstić information content (AvgIpc) is 2.53. The predicted molar refractivity (Wildman–Crippen MR) is 84.0 cm³/mol. The molecule has 0 bridgehead atoms. The Bertz CT molecular complexity index is 590. The zero-order valence-electron chi connectivity index (χ0n) is 13.1. The summed E-state index contributed by atoms with van der Waals surface area (Å²) in [7, 11) is 1.20. The number of carbonyl (C=O) groups excluding carboxylic acids is 1. The summed E-state index contributed by atoms with van der Waals surface area (Å²) in [4.78, 5) is 13.6. The smallest absolute Gasteiger partial charge is 0.317 e. The molecule has 2 N–H and O–H groups in total. The number of benzene rings is 1. The molecule has 0 saturated heterocycles. The van der Waals surface area contributed by atoms with E-state index in [-0.39, 0.29) is 17.5 Å². The van der Waals surface area contributed by atoms with E-state index in [1.54, 1.807) is 31.2 Å². The lowest BCUT2D eigenvalue weighted by molar-refractivity contribution is 0.175. The van der Waals surface area contributed by atoms with Crippen LogP contribution in [0.15, 0.2) is 29.2 Å². The highest BCUT2D eigenvalue weighted by molar-refractivity contribution is 7.89. The van der Waals surface area contributed by atoms with Gasteiger partial charge in [-0.2, -0.15) is 0 Å². The van der Waals surface area contributed by atoms with Crippen molar-refractivity contribution in [3.63, 3.8) is 0 Å². The molecule has 0 aliphatic carbocycles. The maximum absolute atomic E-state index is 11.9. The van der Waals surface area contributed by atoms with E-state index in [1.807, 2.05) is 0 Å². The second kappa shape index (κ2) is 8.72. The van der Waals surface area contributed by atoms with Gasteiger partial charge in [-0.15, -0.1) is 0 Å². The normalized spacial score (nSPS) is 11.2. The van der Waals surface area contributed by atoms with Gasteiger partial charge in [-0.25, -0.2) is 17.9 Å². The number of urea groups is 1. The number of carbonyl (C=O) groups is 1. The zero-order valence-corrected chi connectivity index (χ0v) is 13.9. The van der Waals surface area contributed by atoms with Crippen LogP contribution in [-0.2, 0) is 21.3 Å². The molecule has 0 heterocycles. The van der Waals surface area contributed by atoms with Crippen molar-refractivity contribution >= 4 is 16.1 Å². The average molecular weight is 329 g/mol. The van der Waals surface area contributed by atoms with E-state index >= 15 is 0 Å². The van der Waals surface area contributed by atoms with Crippen molar-refractivity contribution in [2.24, 2.45) is 0 Å². The number of rotatable bonds is 8. The Morgan fingerprint density at radius 3 is 2.73 bits per heavy atom. The van der Waals surface area contributed by atoms with Gasteiger partial charge < -0.3 is 15.0 Å². The maximum atomic E-state index is 11.9. The minimum atomic E-state index is -3.48. The summed E-state index contributed by atoms with van der Waals surface area (Å²) in [6, 6.07) is 6.25. The van der Waals surface area contributed by atoms with E-state index in [4.69, 9.17) is 4.74 Å². The minimum Gasteiger partial charge on any atom is -0.385 e. The third-order valence-corrected chi connectivity index (χ3v) is 4.52. The number of methoxy groups -OCH3 is 1. The fraction of sp³-hybridized carbons (Fsp3) is 0.500. The molecule has 0 aromatic heterocycles. The SMILES string of the molecule is CNS(=O)(=O)c1cccc(CNC(=O)N(C)CCCOC)c1. The third kappa shape index (κ3) is 5.63. The fourth-order valence-corrected chi connectivity index (χ4v) is 2.60. The summed E-state index contributed by atoms with van der Waals surface area (Å²) in [5.41, 5.74) is 0.718. The van der Waals surface area contributed by atoms with Gasteiger partial charge in [0.05, 0.1) is 4.90 Å². The van der Waals surface area contributed by atoms with E-state index in [2.05, 4.69) is 10.0 Å². The molecule has 0 spiro atoms. The first-order valence-electron chi connectivity index (χ1n) is 6.91. The Kier molecular flexibility index (Phi) is 7.30. The Morgan fingerprint density at radius 1 is 1.36 bits per heavy atom. The van der Waals surface area contributed by atoms with Gasteiger partial charge in [0.25, 0.3) is 0 Å². The molecular formula is C14H23N3O4S. The summed E-state index contributed by atoms with van der Waals surface area (Å²) >= 11 is 0. The molecule has 1 aromatic carbocycles. The lowest BCUT2D eigenvalue weighted by Crippen LogP contribution is -2.37.